The molecule has 20 heavy (non-hydrogen) atoms. The summed E-state index contributed by atoms with van der Waals surface area (Å²) in [5.74, 6) is 0.653. The number of benzene rings is 1. The molecule has 1 heterocycles. The number of hydrogen-bond acceptors (Lipinski definition) is 4. The molecule has 1 saturated heterocycles. The summed E-state index contributed by atoms with van der Waals surface area (Å²) in [7, 11) is 0. The number of nitrogens with two attached hydrogens (primary N) is 1. The van der Waals surface area contributed by atoms with Gasteiger partial charge in [-0.25, -0.2) is 0 Å². The number of ether oxygens (including phenoxy) is 1. The fraction of sp³-hybridized carbons (Fsp3) is 0.533. The lowest BCUT2D eigenvalue weighted by Crippen LogP contribution is -2.51. The zero-order valence-corrected chi connectivity index (χ0v) is 12.0. The monoisotopic (exact) mass is 277 g/mol. The molecule has 2 rings (SSSR count). The molecule has 0 spiro atoms. The smallest absolute Gasteiger partial charge is 0.219 e. The van der Waals surface area contributed by atoms with E-state index in [9.17, 15) is 4.79 Å². The highest BCUT2D eigenvalue weighted by Crippen LogP contribution is 2.16. The average Bonchev–Trinajstić information content (AvgIpc) is 2.43. The minimum Gasteiger partial charge on any atom is -0.494 e. The van der Waals surface area contributed by atoms with E-state index >= 15 is 0 Å². The van der Waals surface area contributed by atoms with E-state index in [0.29, 0.717) is 13.0 Å². The first-order valence-corrected chi connectivity index (χ1v) is 7.14. The molecule has 1 aromatic carbocycles. The summed E-state index contributed by atoms with van der Waals surface area (Å²) in [5.41, 5.74) is 6.55. The van der Waals surface area contributed by atoms with Gasteiger partial charge in [0, 0.05) is 38.6 Å². The minimum atomic E-state index is -0.240. The van der Waals surface area contributed by atoms with E-state index in [0.717, 1.165) is 31.9 Å². The third-order valence-corrected chi connectivity index (χ3v) is 3.53. The van der Waals surface area contributed by atoms with Crippen LogP contribution in [0.2, 0.25) is 0 Å². The molecule has 5 heteroatoms. The van der Waals surface area contributed by atoms with Gasteiger partial charge in [-0.05, 0) is 24.6 Å². The van der Waals surface area contributed by atoms with Crippen LogP contribution in [-0.4, -0.2) is 43.1 Å². The summed E-state index contributed by atoms with van der Waals surface area (Å²) < 4.78 is 5.44. The van der Waals surface area contributed by atoms with Gasteiger partial charge in [0.2, 0.25) is 5.91 Å². The van der Waals surface area contributed by atoms with Crippen LogP contribution in [0.25, 0.3) is 0 Å². The van der Waals surface area contributed by atoms with Gasteiger partial charge in [-0.2, -0.15) is 0 Å². The predicted molar refractivity (Wildman–Crippen MR) is 78.5 cm³/mol. The number of amides is 1. The standard InChI is InChI=1S/C15H23N3O2/c1-2-20-14-5-3-12(4-6-14)11-18-8-7-17-10-13(18)9-15(16)19/h3-6,13,17H,2,7-11H2,1H3,(H2,16,19). The van der Waals surface area contributed by atoms with E-state index in [1.807, 2.05) is 19.1 Å². The van der Waals surface area contributed by atoms with E-state index in [-0.39, 0.29) is 11.9 Å². The van der Waals surface area contributed by atoms with Crippen LogP contribution >= 0.6 is 0 Å². The van der Waals surface area contributed by atoms with Gasteiger partial charge in [0.15, 0.2) is 0 Å². The van der Waals surface area contributed by atoms with Gasteiger partial charge < -0.3 is 15.8 Å². The lowest BCUT2D eigenvalue weighted by atomic mass is 10.1. The Morgan fingerprint density at radius 2 is 2.20 bits per heavy atom. The second kappa shape index (κ2) is 7.26. The SMILES string of the molecule is CCOc1ccc(CN2CCNCC2CC(N)=O)cc1. The lowest BCUT2D eigenvalue weighted by molar-refractivity contribution is -0.119. The molecule has 0 aliphatic carbocycles. The molecule has 110 valence electrons. The molecule has 1 aromatic rings. The Morgan fingerprint density at radius 3 is 2.85 bits per heavy atom. The Kier molecular flexibility index (Phi) is 5.38. The van der Waals surface area contributed by atoms with Crippen molar-refractivity contribution in [2.75, 3.05) is 26.2 Å². The Morgan fingerprint density at radius 1 is 1.45 bits per heavy atom. The van der Waals surface area contributed by atoms with Crippen molar-refractivity contribution in [1.82, 2.24) is 10.2 Å². The second-order valence-corrected chi connectivity index (χ2v) is 5.08. The number of nitrogens with zero attached hydrogens (tertiary/aromatic N) is 1. The number of piperazine rings is 1. The molecule has 0 radical (unpaired) electrons. The first kappa shape index (κ1) is 14.8. The fourth-order valence-corrected chi connectivity index (χ4v) is 2.54. The maximum atomic E-state index is 11.1. The average molecular weight is 277 g/mol. The maximum Gasteiger partial charge on any atom is 0.219 e. The predicted octanol–water partition coefficient (Wildman–Crippen LogP) is 0.735. The summed E-state index contributed by atoms with van der Waals surface area (Å²) in [4.78, 5) is 13.4. The van der Waals surface area contributed by atoms with Crippen molar-refractivity contribution in [3.05, 3.63) is 29.8 Å². The van der Waals surface area contributed by atoms with E-state index < -0.39 is 0 Å². The van der Waals surface area contributed by atoms with Gasteiger partial charge in [0.05, 0.1) is 6.61 Å². The van der Waals surface area contributed by atoms with Gasteiger partial charge in [-0.3, -0.25) is 9.69 Å². The molecule has 1 amide bonds. The van der Waals surface area contributed by atoms with Crippen molar-refractivity contribution in [3.8, 4) is 5.75 Å². The zero-order valence-electron chi connectivity index (χ0n) is 12.0. The molecule has 0 saturated carbocycles. The van der Waals surface area contributed by atoms with Crippen molar-refractivity contribution in [1.29, 1.82) is 0 Å². The van der Waals surface area contributed by atoms with Crippen LogP contribution in [0.4, 0.5) is 0 Å². The van der Waals surface area contributed by atoms with Gasteiger partial charge in [-0.1, -0.05) is 12.1 Å². The van der Waals surface area contributed by atoms with Crippen LogP contribution in [0.3, 0.4) is 0 Å². The van der Waals surface area contributed by atoms with Crippen molar-refractivity contribution >= 4 is 5.91 Å². The third-order valence-electron chi connectivity index (χ3n) is 3.53. The molecule has 1 unspecified atom stereocenters. The molecule has 5 nitrogen and oxygen atoms in total. The largest absolute Gasteiger partial charge is 0.494 e. The summed E-state index contributed by atoms with van der Waals surface area (Å²) in [5, 5.41) is 3.31. The lowest BCUT2D eigenvalue weighted by Gasteiger charge is -2.35. The van der Waals surface area contributed by atoms with Crippen LogP contribution in [-0.2, 0) is 11.3 Å². The number of primary amides is 1. The Hall–Kier alpha value is -1.59. The first-order chi connectivity index (χ1) is 9.69. The van der Waals surface area contributed by atoms with Crippen LogP contribution in [0.1, 0.15) is 18.9 Å². The van der Waals surface area contributed by atoms with Gasteiger partial charge in [0.25, 0.3) is 0 Å². The zero-order chi connectivity index (χ0) is 14.4. The van der Waals surface area contributed by atoms with Gasteiger partial charge in [0.1, 0.15) is 5.75 Å². The first-order valence-electron chi connectivity index (χ1n) is 7.14. The highest BCUT2D eigenvalue weighted by molar-refractivity contribution is 5.74. The number of carbonyl (C=O) groups is 1. The molecular weight excluding hydrogens is 254 g/mol. The van der Waals surface area contributed by atoms with Crippen molar-refractivity contribution in [3.63, 3.8) is 0 Å². The topological polar surface area (TPSA) is 67.6 Å². The molecule has 3 N–H and O–H groups in total. The quantitative estimate of drug-likeness (QED) is 0.804. The number of nitrogens with one attached hydrogen (secondary N) is 1. The summed E-state index contributed by atoms with van der Waals surface area (Å²) in [6.07, 6.45) is 0.407. The number of carbonyl (C=O) groups excluding carboxylic acids is 1. The Labute approximate surface area is 120 Å². The number of hydrogen-bond donors (Lipinski definition) is 2. The molecule has 1 fully saturated rings. The molecule has 1 aliphatic rings. The summed E-state index contributed by atoms with van der Waals surface area (Å²) >= 11 is 0. The van der Waals surface area contributed by atoms with Crippen LogP contribution in [0.15, 0.2) is 24.3 Å². The Balaban J connectivity index is 1.97. The highest BCUT2D eigenvalue weighted by Gasteiger charge is 2.23. The van der Waals surface area contributed by atoms with Crippen LogP contribution in [0, 0.1) is 0 Å². The maximum absolute atomic E-state index is 11.1. The van der Waals surface area contributed by atoms with Crippen molar-refractivity contribution in [2.45, 2.75) is 25.9 Å². The van der Waals surface area contributed by atoms with Crippen molar-refractivity contribution in [2.24, 2.45) is 5.73 Å². The van der Waals surface area contributed by atoms with Crippen LogP contribution in [0.5, 0.6) is 5.75 Å². The second-order valence-electron chi connectivity index (χ2n) is 5.08. The minimum absolute atomic E-state index is 0.188. The normalized spacial score (nSPS) is 19.8. The molecule has 0 bridgehead atoms. The fourth-order valence-electron chi connectivity index (χ4n) is 2.54. The summed E-state index contributed by atoms with van der Waals surface area (Å²) in [6, 6.07) is 8.32. The van der Waals surface area contributed by atoms with Crippen LogP contribution < -0.4 is 15.8 Å². The summed E-state index contributed by atoms with van der Waals surface area (Å²) in [6.45, 7) is 6.20. The molecule has 1 aliphatic heterocycles. The van der Waals surface area contributed by atoms with E-state index in [1.165, 1.54) is 5.56 Å². The molecular formula is C15H23N3O2. The highest BCUT2D eigenvalue weighted by atomic mass is 16.5. The van der Waals surface area contributed by atoms with E-state index in [2.05, 4.69) is 22.3 Å². The van der Waals surface area contributed by atoms with E-state index in [1.54, 1.807) is 0 Å². The van der Waals surface area contributed by atoms with Gasteiger partial charge >= 0.3 is 0 Å². The van der Waals surface area contributed by atoms with E-state index in [4.69, 9.17) is 10.5 Å². The van der Waals surface area contributed by atoms with Gasteiger partial charge in [-0.15, -0.1) is 0 Å². The Bertz CT molecular complexity index is 433. The molecule has 0 aromatic heterocycles. The molecule has 1 atom stereocenters. The van der Waals surface area contributed by atoms with Crippen molar-refractivity contribution < 1.29 is 9.53 Å². The number of rotatable bonds is 6. The third kappa shape index (κ3) is 4.21.